The summed E-state index contributed by atoms with van der Waals surface area (Å²) in [4.78, 5) is 11.4. The number of nitrogens with one attached hydrogen (secondary N) is 1. The van der Waals surface area contributed by atoms with E-state index in [1.807, 2.05) is 20.8 Å². The van der Waals surface area contributed by atoms with Crippen molar-refractivity contribution in [1.82, 2.24) is 5.32 Å². The summed E-state index contributed by atoms with van der Waals surface area (Å²) in [6.07, 6.45) is 0.968. The zero-order valence-electron chi connectivity index (χ0n) is 9.25. The maximum absolute atomic E-state index is 11.4. The topological polar surface area (TPSA) is 49.3 Å². The number of carbonyl (C=O) groups excluding carboxylic acids is 1. The van der Waals surface area contributed by atoms with Crippen molar-refractivity contribution in [3.05, 3.63) is 0 Å². The van der Waals surface area contributed by atoms with Crippen LogP contribution in [-0.4, -0.2) is 35.2 Å². The van der Waals surface area contributed by atoms with Crippen molar-refractivity contribution in [1.29, 1.82) is 0 Å². The summed E-state index contributed by atoms with van der Waals surface area (Å²) >= 11 is 1.60. The van der Waals surface area contributed by atoms with Gasteiger partial charge in [0.2, 0.25) is 5.91 Å². The van der Waals surface area contributed by atoms with E-state index in [1.165, 1.54) is 0 Å². The minimum absolute atomic E-state index is 0.0180. The Morgan fingerprint density at radius 1 is 1.50 bits per heavy atom. The van der Waals surface area contributed by atoms with Gasteiger partial charge in [-0.05, 0) is 25.0 Å². The van der Waals surface area contributed by atoms with E-state index in [0.29, 0.717) is 0 Å². The van der Waals surface area contributed by atoms with Gasteiger partial charge in [0.1, 0.15) is 0 Å². The Hall–Kier alpha value is -0.220. The third-order valence-electron chi connectivity index (χ3n) is 1.86. The van der Waals surface area contributed by atoms with Crippen LogP contribution in [0.4, 0.5) is 0 Å². The predicted octanol–water partition coefficient (Wildman–Crippen LogP) is 1.26. The van der Waals surface area contributed by atoms with Crippen LogP contribution in [0.5, 0.6) is 0 Å². The molecule has 1 amide bonds. The molecule has 0 aliphatic heterocycles. The summed E-state index contributed by atoms with van der Waals surface area (Å²) < 4.78 is 0. The Balaban J connectivity index is 3.61. The van der Waals surface area contributed by atoms with E-state index in [-0.39, 0.29) is 23.7 Å². The normalized spacial score (nSPS) is 14.9. The van der Waals surface area contributed by atoms with Crippen molar-refractivity contribution in [2.75, 3.05) is 18.9 Å². The van der Waals surface area contributed by atoms with Crippen molar-refractivity contribution in [2.24, 2.45) is 5.92 Å². The number of hydrogen-bond acceptors (Lipinski definition) is 3. The minimum atomic E-state index is -0.0180. The van der Waals surface area contributed by atoms with E-state index >= 15 is 0 Å². The summed E-state index contributed by atoms with van der Waals surface area (Å²) in [5, 5.41) is 11.6. The molecule has 2 N–H and O–H groups in total. The first-order valence-corrected chi connectivity index (χ1v) is 6.16. The highest BCUT2D eigenvalue weighted by atomic mass is 32.2. The van der Waals surface area contributed by atoms with E-state index in [4.69, 9.17) is 5.11 Å². The lowest BCUT2D eigenvalue weighted by molar-refractivity contribution is -0.120. The molecular formula is C10H21NO2S. The van der Waals surface area contributed by atoms with E-state index in [0.717, 1.165) is 18.7 Å². The van der Waals surface area contributed by atoms with Crippen LogP contribution in [0.2, 0.25) is 0 Å². The highest BCUT2D eigenvalue weighted by molar-refractivity contribution is 8.00. The molecule has 0 spiro atoms. The van der Waals surface area contributed by atoms with Crippen LogP contribution in [-0.2, 0) is 4.79 Å². The summed E-state index contributed by atoms with van der Waals surface area (Å²) in [6.45, 7) is 6.85. The Kier molecular flexibility index (Phi) is 7.99. The first kappa shape index (κ1) is 13.8. The number of thioether (sulfide) groups is 1. The lowest BCUT2D eigenvalue weighted by Gasteiger charge is -2.13. The van der Waals surface area contributed by atoms with Gasteiger partial charge in [0, 0.05) is 13.2 Å². The van der Waals surface area contributed by atoms with Crippen LogP contribution in [0.1, 0.15) is 27.2 Å². The molecule has 0 saturated heterocycles. The van der Waals surface area contributed by atoms with Gasteiger partial charge < -0.3 is 10.4 Å². The Bertz CT molecular complexity index is 164. The van der Waals surface area contributed by atoms with Gasteiger partial charge in [-0.25, -0.2) is 0 Å². The van der Waals surface area contributed by atoms with Crippen molar-refractivity contribution in [3.8, 4) is 0 Å². The quantitative estimate of drug-likeness (QED) is 0.678. The minimum Gasteiger partial charge on any atom is -0.396 e. The number of rotatable bonds is 7. The molecule has 0 aliphatic carbocycles. The molecule has 0 rings (SSSR count). The first-order chi connectivity index (χ1) is 6.61. The molecule has 3 nitrogen and oxygen atoms in total. The standard InChI is InChI=1S/C10H21NO2S/c1-4-5-11-10(13)9(3)14-7-8(2)6-12/h8-9,12H,4-7H2,1-3H3,(H,11,13). The lowest BCUT2D eigenvalue weighted by Crippen LogP contribution is -2.31. The second-order valence-corrected chi connectivity index (χ2v) is 4.93. The third-order valence-corrected chi connectivity index (χ3v) is 3.34. The van der Waals surface area contributed by atoms with Crippen molar-refractivity contribution in [2.45, 2.75) is 32.4 Å². The van der Waals surface area contributed by atoms with E-state index in [1.54, 1.807) is 11.8 Å². The second kappa shape index (κ2) is 8.12. The largest absolute Gasteiger partial charge is 0.396 e. The average Bonchev–Trinajstić information content (AvgIpc) is 2.21. The Labute approximate surface area is 90.7 Å². The summed E-state index contributed by atoms with van der Waals surface area (Å²) in [7, 11) is 0. The molecular weight excluding hydrogens is 198 g/mol. The molecule has 0 aromatic heterocycles. The molecule has 0 saturated carbocycles. The summed E-state index contributed by atoms with van der Waals surface area (Å²) in [6, 6.07) is 0. The van der Waals surface area contributed by atoms with E-state index in [2.05, 4.69) is 5.32 Å². The lowest BCUT2D eigenvalue weighted by atomic mass is 10.2. The zero-order valence-corrected chi connectivity index (χ0v) is 10.1. The molecule has 4 heteroatoms. The number of aliphatic hydroxyl groups is 1. The van der Waals surface area contributed by atoms with Crippen LogP contribution >= 0.6 is 11.8 Å². The van der Waals surface area contributed by atoms with Crippen LogP contribution in [0.25, 0.3) is 0 Å². The van der Waals surface area contributed by atoms with E-state index < -0.39 is 0 Å². The van der Waals surface area contributed by atoms with Gasteiger partial charge >= 0.3 is 0 Å². The average molecular weight is 219 g/mol. The molecule has 84 valence electrons. The fraction of sp³-hybridized carbons (Fsp3) is 0.900. The molecule has 0 aromatic carbocycles. The second-order valence-electron chi connectivity index (χ2n) is 3.55. The van der Waals surface area contributed by atoms with Crippen molar-refractivity contribution in [3.63, 3.8) is 0 Å². The number of amides is 1. The Morgan fingerprint density at radius 2 is 2.14 bits per heavy atom. The fourth-order valence-corrected chi connectivity index (χ4v) is 1.79. The molecule has 0 radical (unpaired) electrons. The Morgan fingerprint density at radius 3 is 2.64 bits per heavy atom. The van der Waals surface area contributed by atoms with E-state index in [9.17, 15) is 4.79 Å². The number of aliphatic hydroxyl groups excluding tert-OH is 1. The van der Waals surface area contributed by atoms with Crippen LogP contribution < -0.4 is 5.32 Å². The molecule has 14 heavy (non-hydrogen) atoms. The number of carbonyl (C=O) groups is 1. The molecule has 0 aliphatic rings. The third kappa shape index (κ3) is 6.27. The molecule has 2 atom stereocenters. The summed E-state index contributed by atoms with van der Waals surface area (Å²) in [5.41, 5.74) is 0. The maximum atomic E-state index is 11.4. The fourth-order valence-electron chi connectivity index (χ4n) is 0.829. The van der Waals surface area contributed by atoms with Crippen LogP contribution in [0.15, 0.2) is 0 Å². The predicted molar refractivity (Wildman–Crippen MR) is 61.5 cm³/mol. The van der Waals surface area contributed by atoms with Gasteiger partial charge in [-0.2, -0.15) is 0 Å². The van der Waals surface area contributed by atoms with Gasteiger partial charge in [0.15, 0.2) is 0 Å². The van der Waals surface area contributed by atoms with Crippen molar-refractivity contribution < 1.29 is 9.90 Å². The van der Waals surface area contributed by atoms with Gasteiger partial charge in [-0.15, -0.1) is 11.8 Å². The van der Waals surface area contributed by atoms with Gasteiger partial charge in [0.25, 0.3) is 0 Å². The van der Waals surface area contributed by atoms with Crippen molar-refractivity contribution >= 4 is 17.7 Å². The zero-order chi connectivity index (χ0) is 11.0. The highest BCUT2D eigenvalue weighted by Crippen LogP contribution is 2.14. The smallest absolute Gasteiger partial charge is 0.232 e. The number of hydrogen-bond donors (Lipinski definition) is 2. The molecule has 0 bridgehead atoms. The first-order valence-electron chi connectivity index (χ1n) is 5.12. The molecule has 2 unspecified atom stereocenters. The van der Waals surface area contributed by atoms with Crippen LogP contribution in [0, 0.1) is 5.92 Å². The maximum Gasteiger partial charge on any atom is 0.232 e. The summed E-state index contributed by atoms with van der Waals surface area (Å²) in [5.74, 6) is 1.19. The van der Waals surface area contributed by atoms with Gasteiger partial charge in [-0.1, -0.05) is 13.8 Å². The SMILES string of the molecule is CCCNC(=O)C(C)SCC(C)CO. The monoisotopic (exact) mass is 219 g/mol. The molecule has 0 aromatic rings. The van der Waals surface area contributed by atoms with Gasteiger partial charge in [-0.3, -0.25) is 4.79 Å². The molecule has 0 heterocycles. The van der Waals surface area contributed by atoms with Gasteiger partial charge in [0.05, 0.1) is 5.25 Å². The highest BCUT2D eigenvalue weighted by Gasteiger charge is 2.13. The van der Waals surface area contributed by atoms with Crippen LogP contribution in [0.3, 0.4) is 0 Å². The molecule has 0 fully saturated rings.